The van der Waals surface area contributed by atoms with E-state index in [1.807, 2.05) is 10.9 Å². The Bertz CT molecular complexity index is 236. The van der Waals surface area contributed by atoms with Crippen LogP contribution in [-0.4, -0.2) is 41.3 Å². The molecular weight excluding hydrogens is 156 g/mol. The van der Waals surface area contributed by atoms with Gasteiger partial charge in [-0.05, 0) is 0 Å². The van der Waals surface area contributed by atoms with E-state index in [2.05, 4.69) is 15.6 Å². The highest BCUT2D eigenvalue weighted by Crippen LogP contribution is 2.16. The minimum atomic E-state index is 0.215. The third kappa shape index (κ3) is 1.21. The summed E-state index contributed by atoms with van der Waals surface area (Å²) in [6, 6.07) is 0.289. The number of methoxy groups -OCH3 is 1. The lowest BCUT2D eigenvalue weighted by molar-refractivity contribution is 0.0819. The molecule has 1 N–H and O–H groups in total. The Kier molecular flexibility index (Phi) is 2.05. The minimum absolute atomic E-state index is 0.215. The molecule has 5 nitrogen and oxygen atoms in total. The lowest BCUT2D eigenvalue weighted by Crippen LogP contribution is -2.24. The van der Waals surface area contributed by atoms with E-state index < -0.39 is 0 Å². The van der Waals surface area contributed by atoms with Crippen LogP contribution >= 0.6 is 0 Å². The van der Waals surface area contributed by atoms with Crippen molar-refractivity contribution in [2.75, 3.05) is 20.2 Å². The molecule has 2 atom stereocenters. The van der Waals surface area contributed by atoms with Crippen LogP contribution in [0.1, 0.15) is 6.04 Å². The summed E-state index contributed by atoms with van der Waals surface area (Å²) in [5, 5.41) is 11.0. The summed E-state index contributed by atoms with van der Waals surface area (Å²) in [4.78, 5) is 0. The maximum atomic E-state index is 5.30. The van der Waals surface area contributed by atoms with Crippen LogP contribution in [0.5, 0.6) is 0 Å². The zero-order valence-electron chi connectivity index (χ0n) is 6.97. The standard InChI is InChI=1S/C7H12N4O/c1-12-7-5-8-4-6(7)11-3-2-9-10-11/h2-3,6-8H,4-5H2,1H3/t6-,7-/m1/s1. The van der Waals surface area contributed by atoms with E-state index in [4.69, 9.17) is 4.74 Å². The van der Waals surface area contributed by atoms with E-state index in [-0.39, 0.29) is 12.1 Å². The van der Waals surface area contributed by atoms with Gasteiger partial charge in [-0.25, -0.2) is 4.68 Å². The highest BCUT2D eigenvalue weighted by Gasteiger charge is 2.28. The van der Waals surface area contributed by atoms with Gasteiger partial charge in [-0.15, -0.1) is 5.10 Å². The van der Waals surface area contributed by atoms with Gasteiger partial charge < -0.3 is 10.1 Å². The molecule has 0 unspecified atom stereocenters. The molecule has 66 valence electrons. The van der Waals surface area contributed by atoms with Gasteiger partial charge in [0, 0.05) is 26.4 Å². The first-order valence-electron chi connectivity index (χ1n) is 4.01. The zero-order valence-corrected chi connectivity index (χ0v) is 6.97. The summed E-state index contributed by atoms with van der Waals surface area (Å²) in [5.74, 6) is 0. The second-order valence-corrected chi connectivity index (χ2v) is 2.88. The first-order chi connectivity index (χ1) is 5.92. The fraction of sp³-hybridized carbons (Fsp3) is 0.714. The molecule has 1 aliphatic rings. The number of hydrogen-bond acceptors (Lipinski definition) is 4. The van der Waals surface area contributed by atoms with Gasteiger partial charge in [0.05, 0.1) is 18.3 Å². The topological polar surface area (TPSA) is 52.0 Å². The second kappa shape index (κ2) is 3.20. The highest BCUT2D eigenvalue weighted by molar-refractivity contribution is 4.87. The molecule has 1 saturated heterocycles. The van der Waals surface area contributed by atoms with Crippen molar-refractivity contribution in [3.8, 4) is 0 Å². The summed E-state index contributed by atoms with van der Waals surface area (Å²) in [6.45, 7) is 1.79. The normalized spacial score (nSPS) is 29.4. The average Bonchev–Trinajstić information content (AvgIpc) is 2.74. The van der Waals surface area contributed by atoms with Crippen LogP contribution in [0.2, 0.25) is 0 Å². The lowest BCUT2D eigenvalue weighted by atomic mass is 10.2. The maximum absolute atomic E-state index is 5.30. The fourth-order valence-corrected chi connectivity index (χ4v) is 1.54. The van der Waals surface area contributed by atoms with Gasteiger partial charge in [0.25, 0.3) is 0 Å². The van der Waals surface area contributed by atoms with Crippen LogP contribution in [0.3, 0.4) is 0 Å². The Hall–Kier alpha value is -0.940. The smallest absolute Gasteiger partial charge is 0.0934 e. The fourth-order valence-electron chi connectivity index (χ4n) is 1.54. The molecule has 1 fully saturated rings. The van der Waals surface area contributed by atoms with Gasteiger partial charge in [-0.1, -0.05) is 5.21 Å². The zero-order chi connectivity index (χ0) is 8.39. The van der Waals surface area contributed by atoms with E-state index in [1.165, 1.54) is 0 Å². The molecule has 2 heterocycles. The minimum Gasteiger partial charge on any atom is -0.378 e. The van der Waals surface area contributed by atoms with Gasteiger partial charge in [-0.2, -0.15) is 0 Å². The van der Waals surface area contributed by atoms with Crippen LogP contribution in [0.25, 0.3) is 0 Å². The van der Waals surface area contributed by atoms with Crippen molar-refractivity contribution in [2.45, 2.75) is 12.1 Å². The van der Waals surface area contributed by atoms with Gasteiger partial charge in [0.15, 0.2) is 0 Å². The number of rotatable bonds is 2. The molecule has 5 heteroatoms. The van der Waals surface area contributed by atoms with Crippen molar-refractivity contribution in [3.05, 3.63) is 12.4 Å². The summed E-state index contributed by atoms with van der Waals surface area (Å²) < 4.78 is 7.14. The number of nitrogens with one attached hydrogen (secondary N) is 1. The first kappa shape index (κ1) is 7.70. The molecule has 0 spiro atoms. The second-order valence-electron chi connectivity index (χ2n) is 2.88. The van der Waals surface area contributed by atoms with Crippen molar-refractivity contribution in [1.29, 1.82) is 0 Å². The quantitative estimate of drug-likeness (QED) is 0.643. The molecule has 0 saturated carbocycles. The van der Waals surface area contributed by atoms with E-state index in [0.717, 1.165) is 13.1 Å². The molecule has 0 aromatic carbocycles. The van der Waals surface area contributed by atoms with Gasteiger partial charge in [-0.3, -0.25) is 0 Å². The predicted molar refractivity (Wildman–Crippen MR) is 42.7 cm³/mol. The summed E-state index contributed by atoms with van der Waals surface area (Å²) in [5.41, 5.74) is 0. The number of ether oxygens (including phenoxy) is 1. The van der Waals surface area contributed by atoms with Gasteiger partial charge in [0.1, 0.15) is 0 Å². The van der Waals surface area contributed by atoms with Crippen molar-refractivity contribution < 1.29 is 4.74 Å². The third-order valence-electron chi connectivity index (χ3n) is 2.21. The summed E-state index contributed by atoms with van der Waals surface area (Å²) >= 11 is 0. The van der Waals surface area contributed by atoms with Crippen LogP contribution in [0, 0.1) is 0 Å². The Labute approximate surface area is 70.7 Å². The van der Waals surface area contributed by atoms with E-state index in [1.54, 1.807) is 13.3 Å². The van der Waals surface area contributed by atoms with Gasteiger partial charge in [0.2, 0.25) is 0 Å². The Morgan fingerprint density at radius 2 is 2.50 bits per heavy atom. The molecular formula is C7H12N4O. The van der Waals surface area contributed by atoms with Crippen molar-refractivity contribution in [1.82, 2.24) is 20.3 Å². The third-order valence-corrected chi connectivity index (χ3v) is 2.21. The molecule has 0 bridgehead atoms. The first-order valence-corrected chi connectivity index (χ1v) is 4.01. The van der Waals surface area contributed by atoms with Crippen molar-refractivity contribution >= 4 is 0 Å². The van der Waals surface area contributed by atoms with E-state index in [9.17, 15) is 0 Å². The number of hydrogen-bond donors (Lipinski definition) is 1. The Balaban J connectivity index is 2.13. The summed E-state index contributed by atoms with van der Waals surface area (Å²) in [7, 11) is 1.72. The maximum Gasteiger partial charge on any atom is 0.0934 e. The van der Waals surface area contributed by atoms with Crippen LogP contribution in [0.4, 0.5) is 0 Å². The van der Waals surface area contributed by atoms with Crippen molar-refractivity contribution in [2.24, 2.45) is 0 Å². The lowest BCUT2D eigenvalue weighted by Gasteiger charge is -2.16. The highest BCUT2D eigenvalue weighted by atomic mass is 16.5. The van der Waals surface area contributed by atoms with Crippen LogP contribution in [-0.2, 0) is 4.74 Å². The van der Waals surface area contributed by atoms with Crippen LogP contribution in [0.15, 0.2) is 12.4 Å². The number of aromatic nitrogens is 3. The molecule has 1 aliphatic heterocycles. The molecule has 1 aromatic heterocycles. The molecule has 12 heavy (non-hydrogen) atoms. The van der Waals surface area contributed by atoms with E-state index >= 15 is 0 Å². The average molecular weight is 168 g/mol. The van der Waals surface area contributed by atoms with E-state index in [0.29, 0.717) is 0 Å². The molecule has 2 rings (SSSR count). The Morgan fingerprint density at radius 3 is 3.17 bits per heavy atom. The summed E-state index contributed by atoms with van der Waals surface area (Å²) in [6.07, 6.45) is 3.76. The molecule has 0 radical (unpaired) electrons. The molecule has 0 amide bonds. The number of nitrogens with zero attached hydrogens (tertiary/aromatic N) is 3. The SMILES string of the molecule is CO[C@@H]1CNC[C@H]1n1ccnn1. The monoisotopic (exact) mass is 168 g/mol. The predicted octanol–water partition coefficient (Wildman–Crippen LogP) is -0.563. The van der Waals surface area contributed by atoms with Gasteiger partial charge >= 0.3 is 0 Å². The largest absolute Gasteiger partial charge is 0.378 e. The van der Waals surface area contributed by atoms with Crippen LogP contribution < -0.4 is 5.32 Å². The molecule has 1 aromatic rings. The Morgan fingerprint density at radius 1 is 1.58 bits per heavy atom. The van der Waals surface area contributed by atoms with Crippen molar-refractivity contribution in [3.63, 3.8) is 0 Å². The molecule has 0 aliphatic carbocycles.